The Morgan fingerprint density at radius 1 is 0.800 bits per heavy atom. The van der Waals surface area contributed by atoms with Crippen molar-refractivity contribution >= 4 is 0 Å². The molecule has 0 spiro atoms. The number of benzene rings is 2. The smallest absolute Gasteiger partial charge is 0.384 e. The molecule has 1 nitrogen and oxygen atoms in total. The van der Waals surface area contributed by atoms with E-state index in [4.69, 9.17) is 0 Å². The summed E-state index contributed by atoms with van der Waals surface area (Å²) in [4.78, 5) is 0. The summed E-state index contributed by atoms with van der Waals surface area (Å²) in [5, 5.41) is 9.92. The van der Waals surface area contributed by atoms with Crippen LogP contribution in [0.5, 0.6) is 0 Å². The minimum Gasteiger partial charge on any atom is -0.384 e. The van der Waals surface area contributed by atoms with Crippen molar-refractivity contribution in [1.82, 2.24) is 0 Å². The van der Waals surface area contributed by atoms with E-state index in [1.54, 1.807) is 0 Å². The Bertz CT molecular complexity index is 584. The molecule has 0 amide bonds. The molecule has 1 atom stereocenters. The lowest BCUT2D eigenvalue weighted by molar-refractivity contribution is -0.137. The van der Waals surface area contributed by atoms with Gasteiger partial charge in [0.05, 0.1) is 5.56 Å². The predicted octanol–water partition coefficient (Wildman–Crippen LogP) is 4.07. The molecular weight excluding hydrogens is 279 g/mol. The number of aliphatic hydroxyl groups is 1. The lowest BCUT2D eigenvalue weighted by Gasteiger charge is -2.13. The van der Waals surface area contributed by atoms with Gasteiger partial charge >= 0.3 is 6.18 Å². The SMILES string of the molecule is OC(c1ccc(C(F)(F)F)cc1)c1cc(F)cc(F)c1. The molecule has 0 saturated carbocycles. The van der Waals surface area contributed by atoms with Crippen LogP contribution in [0.4, 0.5) is 22.0 Å². The van der Waals surface area contributed by atoms with Gasteiger partial charge in [-0.3, -0.25) is 0 Å². The van der Waals surface area contributed by atoms with Crippen LogP contribution in [0.3, 0.4) is 0 Å². The molecule has 2 aromatic carbocycles. The fourth-order valence-electron chi connectivity index (χ4n) is 1.78. The fraction of sp³-hybridized carbons (Fsp3) is 0.143. The first kappa shape index (κ1) is 14.5. The Morgan fingerprint density at radius 2 is 1.30 bits per heavy atom. The Labute approximate surface area is 111 Å². The molecule has 0 aliphatic carbocycles. The van der Waals surface area contributed by atoms with Gasteiger partial charge in [0.15, 0.2) is 0 Å². The Balaban J connectivity index is 2.31. The largest absolute Gasteiger partial charge is 0.416 e. The van der Waals surface area contributed by atoms with Crippen LogP contribution >= 0.6 is 0 Å². The monoisotopic (exact) mass is 288 g/mol. The molecule has 0 fully saturated rings. The second-order valence-electron chi connectivity index (χ2n) is 4.23. The summed E-state index contributed by atoms with van der Waals surface area (Å²) in [7, 11) is 0. The molecule has 0 aliphatic heterocycles. The van der Waals surface area contributed by atoms with Crippen LogP contribution in [0, 0.1) is 11.6 Å². The highest BCUT2D eigenvalue weighted by atomic mass is 19.4. The van der Waals surface area contributed by atoms with Crippen LogP contribution in [-0.2, 0) is 6.18 Å². The first-order chi connectivity index (χ1) is 9.27. The molecule has 0 aromatic heterocycles. The summed E-state index contributed by atoms with van der Waals surface area (Å²) < 4.78 is 63.2. The van der Waals surface area contributed by atoms with Crippen molar-refractivity contribution < 1.29 is 27.1 Å². The van der Waals surface area contributed by atoms with E-state index in [1.165, 1.54) is 0 Å². The molecule has 0 saturated heterocycles. The molecule has 1 N–H and O–H groups in total. The van der Waals surface area contributed by atoms with Gasteiger partial charge in [0, 0.05) is 6.07 Å². The van der Waals surface area contributed by atoms with Crippen LogP contribution in [0.25, 0.3) is 0 Å². The van der Waals surface area contributed by atoms with Gasteiger partial charge in [0.1, 0.15) is 17.7 Å². The number of rotatable bonds is 2. The third-order valence-electron chi connectivity index (χ3n) is 2.75. The van der Waals surface area contributed by atoms with Crippen LogP contribution in [0.2, 0.25) is 0 Å². The summed E-state index contributed by atoms with van der Waals surface area (Å²) in [5.41, 5.74) is -0.816. The molecule has 2 aromatic rings. The quantitative estimate of drug-likeness (QED) is 0.826. The van der Waals surface area contributed by atoms with Crippen LogP contribution < -0.4 is 0 Å². The second kappa shape index (κ2) is 5.20. The van der Waals surface area contributed by atoms with E-state index in [2.05, 4.69) is 0 Å². The minimum atomic E-state index is -4.48. The zero-order valence-electron chi connectivity index (χ0n) is 9.96. The Kier molecular flexibility index (Phi) is 3.76. The highest BCUT2D eigenvalue weighted by Gasteiger charge is 2.30. The summed E-state index contributed by atoms with van der Waals surface area (Å²) in [6, 6.07) is 6.22. The van der Waals surface area contributed by atoms with Gasteiger partial charge in [0.2, 0.25) is 0 Å². The third-order valence-corrected chi connectivity index (χ3v) is 2.75. The molecule has 2 rings (SSSR count). The maximum absolute atomic E-state index is 13.0. The summed E-state index contributed by atoms with van der Waals surface area (Å²) >= 11 is 0. The lowest BCUT2D eigenvalue weighted by Crippen LogP contribution is -2.06. The Morgan fingerprint density at radius 3 is 1.75 bits per heavy atom. The van der Waals surface area contributed by atoms with Gasteiger partial charge in [-0.2, -0.15) is 13.2 Å². The second-order valence-corrected chi connectivity index (χ2v) is 4.23. The molecule has 0 radical (unpaired) electrons. The van der Waals surface area contributed by atoms with Crippen molar-refractivity contribution in [2.24, 2.45) is 0 Å². The zero-order valence-corrected chi connectivity index (χ0v) is 9.96. The minimum absolute atomic E-state index is 0.0674. The van der Waals surface area contributed by atoms with Crippen molar-refractivity contribution in [3.05, 3.63) is 70.8 Å². The first-order valence-corrected chi connectivity index (χ1v) is 5.58. The van der Waals surface area contributed by atoms with Gasteiger partial charge in [-0.25, -0.2) is 8.78 Å². The lowest BCUT2D eigenvalue weighted by atomic mass is 10.00. The summed E-state index contributed by atoms with van der Waals surface area (Å²) in [5.74, 6) is -1.74. The topological polar surface area (TPSA) is 20.2 Å². The summed E-state index contributed by atoms with van der Waals surface area (Å²) in [6.45, 7) is 0. The van der Waals surface area contributed by atoms with Crippen molar-refractivity contribution in [2.75, 3.05) is 0 Å². The van der Waals surface area contributed by atoms with Crippen molar-refractivity contribution in [1.29, 1.82) is 0 Å². The number of alkyl halides is 3. The fourth-order valence-corrected chi connectivity index (χ4v) is 1.78. The average Bonchev–Trinajstić information content (AvgIpc) is 2.36. The van der Waals surface area contributed by atoms with E-state index < -0.39 is 29.5 Å². The molecule has 0 aliphatic rings. The molecule has 106 valence electrons. The van der Waals surface area contributed by atoms with Crippen LogP contribution in [0.1, 0.15) is 22.8 Å². The van der Waals surface area contributed by atoms with Crippen LogP contribution in [-0.4, -0.2) is 5.11 Å². The first-order valence-electron chi connectivity index (χ1n) is 5.58. The van der Waals surface area contributed by atoms with Gasteiger partial charge in [0.25, 0.3) is 0 Å². The third kappa shape index (κ3) is 3.14. The number of aliphatic hydroxyl groups excluding tert-OH is 1. The maximum Gasteiger partial charge on any atom is 0.416 e. The van der Waals surface area contributed by atoms with Gasteiger partial charge in [-0.15, -0.1) is 0 Å². The maximum atomic E-state index is 13.0. The van der Waals surface area contributed by atoms with Gasteiger partial charge < -0.3 is 5.11 Å². The summed E-state index contributed by atoms with van der Waals surface area (Å²) in [6.07, 6.45) is -5.88. The van der Waals surface area contributed by atoms with E-state index in [0.717, 1.165) is 36.4 Å². The van der Waals surface area contributed by atoms with E-state index in [0.29, 0.717) is 6.07 Å². The molecule has 20 heavy (non-hydrogen) atoms. The standard InChI is InChI=1S/C14H9F5O/c15-11-5-9(6-12(16)7-11)13(20)8-1-3-10(4-2-8)14(17,18)19/h1-7,13,20H. The number of hydrogen-bond donors (Lipinski definition) is 1. The van der Waals surface area contributed by atoms with Crippen molar-refractivity contribution in [3.8, 4) is 0 Å². The molecule has 0 heterocycles. The van der Waals surface area contributed by atoms with Gasteiger partial charge in [-0.05, 0) is 35.4 Å². The van der Waals surface area contributed by atoms with E-state index in [-0.39, 0.29) is 11.1 Å². The van der Waals surface area contributed by atoms with Crippen LogP contribution in [0.15, 0.2) is 42.5 Å². The average molecular weight is 288 g/mol. The Hall–Kier alpha value is -1.95. The zero-order chi connectivity index (χ0) is 14.9. The van der Waals surface area contributed by atoms with E-state index in [9.17, 15) is 27.1 Å². The highest BCUT2D eigenvalue weighted by Crippen LogP contribution is 2.31. The highest BCUT2D eigenvalue weighted by molar-refractivity contribution is 5.33. The molecule has 6 heteroatoms. The number of hydrogen-bond acceptors (Lipinski definition) is 1. The molecular formula is C14H9F5O. The normalized spacial score (nSPS) is 13.3. The van der Waals surface area contributed by atoms with E-state index >= 15 is 0 Å². The molecule has 0 bridgehead atoms. The van der Waals surface area contributed by atoms with Crippen molar-refractivity contribution in [2.45, 2.75) is 12.3 Å². The van der Waals surface area contributed by atoms with Gasteiger partial charge in [-0.1, -0.05) is 12.1 Å². The van der Waals surface area contributed by atoms with Crippen molar-refractivity contribution in [3.63, 3.8) is 0 Å². The number of halogens is 5. The predicted molar refractivity (Wildman–Crippen MR) is 61.9 cm³/mol. The molecule has 1 unspecified atom stereocenters. The van der Waals surface area contributed by atoms with E-state index in [1.807, 2.05) is 0 Å².